The van der Waals surface area contributed by atoms with Crippen LogP contribution in [0.1, 0.15) is 33.6 Å². The third-order valence-corrected chi connectivity index (χ3v) is 5.37. The van der Waals surface area contributed by atoms with E-state index in [2.05, 4.69) is 5.32 Å². The summed E-state index contributed by atoms with van der Waals surface area (Å²) in [6.07, 6.45) is 0.871. The van der Waals surface area contributed by atoms with Gasteiger partial charge >= 0.3 is 6.09 Å². The second kappa shape index (κ2) is 9.43. The summed E-state index contributed by atoms with van der Waals surface area (Å²) < 4.78 is 25.4. The summed E-state index contributed by atoms with van der Waals surface area (Å²) in [5.74, 6) is -0.708. The Labute approximate surface area is 171 Å². The number of rotatable bonds is 4. The summed E-state index contributed by atoms with van der Waals surface area (Å²) in [7, 11) is 0. The van der Waals surface area contributed by atoms with Crippen LogP contribution >= 0.6 is 0 Å². The summed E-state index contributed by atoms with van der Waals surface area (Å²) in [4.78, 5) is 27.9. The fraction of sp³-hybridized carbons (Fsp3) is 0.619. The highest BCUT2D eigenvalue weighted by atomic mass is 19.1. The molecule has 2 aliphatic heterocycles. The molecule has 0 aromatic heterocycles. The smallest absolute Gasteiger partial charge is 0.409 e. The molecule has 2 atom stereocenters. The highest BCUT2D eigenvalue weighted by Gasteiger charge is 2.28. The van der Waals surface area contributed by atoms with Crippen molar-refractivity contribution in [3.05, 3.63) is 24.0 Å². The second-order valence-corrected chi connectivity index (χ2v) is 7.78. The molecule has 7 nitrogen and oxygen atoms in total. The molecule has 8 heteroatoms. The van der Waals surface area contributed by atoms with E-state index in [1.165, 1.54) is 6.07 Å². The van der Waals surface area contributed by atoms with Crippen molar-refractivity contribution in [3.8, 4) is 0 Å². The lowest BCUT2D eigenvalue weighted by molar-refractivity contribution is -0.121. The van der Waals surface area contributed by atoms with Crippen LogP contribution in [0.3, 0.4) is 0 Å². The van der Waals surface area contributed by atoms with E-state index in [1.807, 2.05) is 18.7 Å². The Morgan fingerprint density at radius 3 is 2.45 bits per heavy atom. The van der Waals surface area contributed by atoms with Gasteiger partial charge in [-0.05, 0) is 51.8 Å². The largest absolute Gasteiger partial charge is 0.450 e. The first kappa shape index (κ1) is 21.4. The van der Waals surface area contributed by atoms with Gasteiger partial charge in [0.2, 0.25) is 5.91 Å². The summed E-state index contributed by atoms with van der Waals surface area (Å²) >= 11 is 0. The zero-order chi connectivity index (χ0) is 21.0. The van der Waals surface area contributed by atoms with Crippen molar-refractivity contribution in [1.29, 1.82) is 0 Å². The monoisotopic (exact) mass is 407 g/mol. The molecule has 160 valence electrons. The van der Waals surface area contributed by atoms with Crippen molar-refractivity contribution in [2.75, 3.05) is 43.0 Å². The van der Waals surface area contributed by atoms with Crippen LogP contribution in [0.5, 0.6) is 0 Å². The molecule has 1 aromatic carbocycles. The summed E-state index contributed by atoms with van der Waals surface area (Å²) in [5, 5.41) is 2.81. The number of carbonyl (C=O) groups excluding carboxylic acids is 2. The van der Waals surface area contributed by atoms with E-state index < -0.39 is 0 Å². The Hall–Kier alpha value is -2.35. The molecule has 1 N–H and O–H groups in total. The molecule has 3 rings (SSSR count). The van der Waals surface area contributed by atoms with Crippen molar-refractivity contribution in [1.82, 2.24) is 4.90 Å². The second-order valence-electron chi connectivity index (χ2n) is 7.78. The highest BCUT2D eigenvalue weighted by Crippen LogP contribution is 2.27. The lowest BCUT2D eigenvalue weighted by atomic mass is 9.96. The van der Waals surface area contributed by atoms with Gasteiger partial charge < -0.3 is 24.6 Å². The first-order chi connectivity index (χ1) is 13.9. The Kier molecular flexibility index (Phi) is 6.95. The normalized spacial score (nSPS) is 23.0. The quantitative estimate of drug-likeness (QED) is 0.830. The Morgan fingerprint density at radius 1 is 1.21 bits per heavy atom. The number of ether oxygens (including phenoxy) is 2. The minimum absolute atomic E-state index is 0.0398. The number of amides is 2. The number of nitrogens with one attached hydrogen (secondary N) is 1. The highest BCUT2D eigenvalue weighted by molar-refractivity contribution is 5.93. The van der Waals surface area contributed by atoms with E-state index in [-0.39, 0.29) is 35.9 Å². The van der Waals surface area contributed by atoms with Crippen LogP contribution in [0.2, 0.25) is 0 Å². The van der Waals surface area contributed by atoms with Gasteiger partial charge in [0.05, 0.1) is 24.5 Å². The number of piperidine rings is 1. The number of morpholine rings is 1. The molecule has 0 radical (unpaired) electrons. The fourth-order valence-corrected chi connectivity index (χ4v) is 4.00. The first-order valence-electron chi connectivity index (χ1n) is 10.3. The number of carbonyl (C=O) groups is 2. The molecule has 2 fully saturated rings. The number of benzene rings is 1. The molecule has 0 spiro atoms. The van der Waals surface area contributed by atoms with Crippen LogP contribution in [-0.4, -0.2) is 61.9 Å². The molecular weight excluding hydrogens is 377 g/mol. The Balaban J connectivity index is 1.56. The average molecular weight is 407 g/mol. The minimum atomic E-state index is -0.360. The van der Waals surface area contributed by atoms with Gasteiger partial charge in [0.1, 0.15) is 5.82 Å². The van der Waals surface area contributed by atoms with Gasteiger partial charge in [-0.2, -0.15) is 0 Å². The van der Waals surface area contributed by atoms with Gasteiger partial charge in [-0.25, -0.2) is 9.18 Å². The van der Waals surface area contributed by atoms with E-state index >= 15 is 0 Å². The number of anilines is 2. The van der Waals surface area contributed by atoms with Crippen molar-refractivity contribution >= 4 is 23.4 Å². The Morgan fingerprint density at radius 2 is 1.86 bits per heavy atom. The van der Waals surface area contributed by atoms with Crippen LogP contribution in [-0.2, 0) is 14.3 Å². The zero-order valence-corrected chi connectivity index (χ0v) is 17.3. The standard InChI is InChI=1S/C21H30FN3O4/c1-4-28-21(27)24-9-7-16(8-10-24)20(26)23-17-5-6-19(18(22)11-17)25-12-14(2)29-15(3)13-25/h5-6,11,14-16H,4,7-10,12-13H2,1-3H3,(H,23,26)/t14-,15+. The van der Waals surface area contributed by atoms with Gasteiger partial charge in [-0.15, -0.1) is 0 Å². The Bertz CT molecular complexity index is 727. The molecule has 0 bridgehead atoms. The SMILES string of the molecule is CCOC(=O)N1CCC(C(=O)Nc2ccc(N3C[C@@H](C)O[C@@H](C)C3)c(F)c2)CC1. The van der Waals surface area contributed by atoms with Gasteiger partial charge in [0, 0.05) is 37.8 Å². The molecule has 2 heterocycles. The maximum absolute atomic E-state index is 14.7. The fourth-order valence-electron chi connectivity index (χ4n) is 4.00. The van der Waals surface area contributed by atoms with Crippen LogP contribution in [0, 0.1) is 11.7 Å². The van der Waals surface area contributed by atoms with E-state index in [4.69, 9.17) is 9.47 Å². The lowest BCUT2D eigenvalue weighted by Crippen LogP contribution is -2.45. The van der Waals surface area contributed by atoms with E-state index in [0.717, 1.165) is 0 Å². The molecule has 2 aliphatic rings. The van der Waals surface area contributed by atoms with Crippen LogP contribution in [0.4, 0.5) is 20.6 Å². The van der Waals surface area contributed by atoms with Gasteiger partial charge in [0.15, 0.2) is 0 Å². The average Bonchev–Trinajstić information content (AvgIpc) is 2.67. The number of hydrogen-bond donors (Lipinski definition) is 1. The summed E-state index contributed by atoms with van der Waals surface area (Å²) in [6.45, 7) is 8.28. The predicted octanol–water partition coefficient (Wildman–Crippen LogP) is 3.25. The summed E-state index contributed by atoms with van der Waals surface area (Å²) in [5.41, 5.74) is 0.964. The van der Waals surface area contributed by atoms with E-state index in [0.29, 0.717) is 57.0 Å². The molecule has 0 unspecified atom stereocenters. The van der Waals surface area contributed by atoms with Gasteiger partial charge in [-0.3, -0.25) is 4.79 Å². The van der Waals surface area contributed by atoms with Crippen molar-refractivity contribution in [2.24, 2.45) is 5.92 Å². The number of hydrogen-bond acceptors (Lipinski definition) is 5. The van der Waals surface area contributed by atoms with Crippen molar-refractivity contribution in [3.63, 3.8) is 0 Å². The summed E-state index contributed by atoms with van der Waals surface area (Å²) in [6, 6.07) is 4.81. The molecule has 0 saturated carbocycles. The first-order valence-corrected chi connectivity index (χ1v) is 10.3. The van der Waals surface area contributed by atoms with Crippen LogP contribution in [0.25, 0.3) is 0 Å². The number of nitrogens with zero attached hydrogens (tertiary/aromatic N) is 2. The zero-order valence-electron chi connectivity index (χ0n) is 17.3. The maximum Gasteiger partial charge on any atom is 0.409 e. The minimum Gasteiger partial charge on any atom is -0.450 e. The molecule has 1 aromatic rings. The molecule has 2 amide bonds. The van der Waals surface area contributed by atoms with Crippen LogP contribution in [0.15, 0.2) is 18.2 Å². The molecule has 2 saturated heterocycles. The van der Waals surface area contributed by atoms with E-state index in [1.54, 1.807) is 24.0 Å². The number of likely N-dealkylation sites (tertiary alicyclic amines) is 1. The molecular formula is C21H30FN3O4. The van der Waals surface area contributed by atoms with Crippen molar-refractivity contribution < 1.29 is 23.5 Å². The van der Waals surface area contributed by atoms with Crippen LogP contribution < -0.4 is 10.2 Å². The lowest BCUT2D eigenvalue weighted by Gasteiger charge is -2.37. The van der Waals surface area contributed by atoms with E-state index in [9.17, 15) is 14.0 Å². The van der Waals surface area contributed by atoms with Gasteiger partial charge in [0.25, 0.3) is 0 Å². The topological polar surface area (TPSA) is 71.1 Å². The van der Waals surface area contributed by atoms with Gasteiger partial charge in [-0.1, -0.05) is 0 Å². The third-order valence-electron chi connectivity index (χ3n) is 5.37. The maximum atomic E-state index is 14.7. The van der Waals surface area contributed by atoms with Crippen molar-refractivity contribution in [2.45, 2.75) is 45.8 Å². The molecule has 0 aliphatic carbocycles. The predicted molar refractivity (Wildman–Crippen MR) is 109 cm³/mol. The number of halogens is 1. The third kappa shape index (κ3) is 5.38. The molecule has 29 heavy (non-hydrogen) atoms.